The lowest BCUT2D eigenvalue weighted by Gasteiger charge is -2.38. The van der Waals surface area contributed by atoms with Gasteiger partial charge in [0.05, 0.1) is 16.8 Å². The van der Waals surface area contributed by atoms with Crippen LogP contribution in [0.25, 0.3) is 16.6 Å². The van der Waals surface area contributed by atoms with Gasteiger partial charge >= 0.3 is 13.5 Å². The van der Waals surface area contributed by atoms with Crippen molar-refractivity contribution in [3.63, 3.8) is 0 Å². The summed E-state index contributed by atoms with van der Waals surface area (Å²) in [4.78, 5) is 7.27. The van der Waals surface area contributed by atoms with Crippen molar-refractivity contribution in [2.24, 2.45) is 11.8 Å². The number of nitrogens with zero attached hydrogens (tertiary/aromatic N) is 1. The van der Waals surface area contributed by atoms with E-state index in [1.165, 1.54) is 0 Å². The summed E-state index contributed by atoms with van der Waals surface area (Å²) in [6.45, 7) is 0. The lowest BCUT2D eigenvalue weighted by atomic mass is 9.66. The third kappa shape index (κ3) is 4.32. The van der Waals surface area contributed by atoms with Gasteiger partial charge in [-0.1, -0.05) is 0 Å². The highest BCUT2D eigenvalue weighted by molar-refractivity contribution is 7.91. The van der Waals surface area contributed by atoms with Crippen LogP contribution in [0, 0.1) is 11.8 Å². The van der Waals surface area contributed by atoms with Gasteiger partial charge in [0.15, 0.2) is 9.84 Å². The van der Waals surface area contributed by atoms with Gasteiger partial charge in [0.25, 0.3) is 0 Å². The lowest BCUT2D eigenvalue weighted by molar-refractivity contribution is -0.274. The van der Waals surface area contributed by atoms with Crippen LogP contribution in [0.3, 0.4) is 0 Å². The van der Waals surface area contributed by atoms with Crippen LogP contribution < -0.4 is 9.39 Å². The van der Waals surface area contributed by atoms with Crippen molar-refractivity contribution in [3.8, 4) is 11.5 Å². The quantitative estimate of drug-likeness (QED) is 0.542. The first kappa shape index (κ1) is 21.8. The fraction of sp³-hybridized carbons (Fsp3) is 0.286. The number of hydrogen-bond donors (Lipinski definition) is 2. The molecule has 3 aromatic rings. The van der Waals surface area contributed by atoms with Crippen LogP contribution in [0.5, 0.6) is 11.5 Å². The fourth-order valence-electron chi connectivity index (χ4n) is 4.50. The van der Waals surface area contributed by atoms with Crippen molar-refractivity contribution in [1.29, 1.82) is 0 Å². The topological polar surface area (TPSA) is 102 Å². The summed E-state index contributed by atoms with van der Waals surface area (Å²) in [5.74, 6) is 1.47. The van der Waals surface area contributed by atoms with Crippen LogP contribution in [0.1, 0.15) is 18.4 Å². The van der Waals surface area contributed by atoms with Gasteiger partial charge in [-0.25, -0.2) is 13.4 Å². The van der Waals surface area contributed by atoms with Gasteiger partial charge in [0.2, 0.25) is 0 Å². The number of nitrogens with one attached hydrogen (secondary N) is 1. The molecular formula is C21H18BF3N2O5S. The summed E-state index contributed by atoms with van der Waals surface area (Å²) in [5, 5.41) is 11.0. The van der Waals surface area contributed by atoms with Crippen molar-refractivity contribution in [2.45, 2.75) is 24.1 Å². The number of pyridine rings is 1. The second-order valence-corrected chi connectivity index (χ2v) is 10.2. The number of alkyl halides is 3. The number of allylic oxidation sites excluding steroid dienone is 1. The van der Waals surface area contributed by atoms with E-state index in [4.69, 9.17) is 4.65 Å². The molecule has 0 atom stereocenters. The number of halogens is 3. The van der Waals surface area contributed by atoms with Crippen LogP contribution >= 0.6 is 0 Å². The molecule has 2 aliphatic rings. The molecule has 5 rings (SSSR count). The third-order valence-corrected chi connectivity index (χ3v) is 7.86. The number of ether oxygens (including phenoxy) is 1. The van der Waals surface area contributed by atoms with Crippen molar-refractivity contribution < 1.29 is 36.0 Å². The molecule has 2 aromatic heterocycles. The van der Waals surface area contributed by atoms with Gasteiger partial charge in [0, 0.05) is 17.1 Å². The largest absolute Gasteiger partial charge is 0.573 e. The molecule has 2 N–H and O–H groups in total. The first-order valence-corrected chi connectivity index (χ1v) is 11.9. The highest BCUT2D eigenvalue weighted by Crippen LogP contribution is 2.48. The van der Waals surface area contributed by atoms with Gasteiger partial charge in [-0.3, -0.25) is 0 Å². The summed E-state index contributed by atoms with van der Waals surface area (Å²) in [5.41, 5.74) is 2.44. The Labute approximate surface area is 187 Å². The molecule has 0 saturated heterocycles. The van der Waals surface area contributed by atoms with Crippen molar-refractivity contribution >= 4 is 33.6 Å². The summed E-state index contributed by atoms with van der Waals surface area (Å²) < 4.78 is 71.7. The number of aromatic nitrogens is 2. The van der Waals surface area contributed by atoms with Gasteiger partial charge < -0.3 is 19.4 Å². The monoisotopic (exact) mass is 478 g/mol. The smallest absolute Gasteiger partial charge is 0.531 e. The molecule has 1 aliphatic heterocycles. The molecule has 1 aliphatic carbocycles. The summed E-state index contributed by atoms with van der Waals surface area (Å²) in [7, 11) is -4.78. The van der Waals surface area contributed by atoms with Crippen LogP contribution in [0.2, 0.25) is 0 Å². The van der Waals surface area contributed by atoms with Crippen molar-refractivity contribution in [2.75, 3.05) is 5.75 Å². The minimum Gasteiger partial charge on any atom is -0.531 e. The standard InChI is InChI=1S/C21H18BF3N2O5S/c23-21(24,25)31-14-1-3-15(4-2-14)33(29,30)11-12-7-13(8-12)17-9-22(28)32-18-10-27-20-16(19(17)18)5-6-26-20/h1-6,9-10,12-13,28H,7-8,11H2,(H,26,27). The van der Waals surface area contributed by atoms with Crippen LogP contribution in [-0.2, 0) is 9.84 Å². The average Bonchev–Trinajstić information content (AvgIpc) is 3.18. The van der Waals surface area contributed by atoms with E-state index < -0.39 is 29.1 Å². The second-order valence-electron chi connectivity index (χ2n) is 8.20. The maximum atomic E-state index is 12.8. The SMILES string of the molecule is O=S(=O)(CC1CC(C2=CB(O)Oc3cnc4[nH]ccc4c32)C1)c1ccc(OC(F)(F)F)cc1. The van der Waals surface area contributed by atoms with Crippen molar-refractivity contribution in [1.82, 2.24) is 9.97 Å². The van der Waals surface area contributed by atoms with E-state index in [1.54, 1.807) is 18.4 Å². The minimum atomic E-state index is -4.84. The Morgan fingerprint density at radius 1 is 1.21 bits per heavy atom. The molecule has 0 amide bonds. The van der Waals surface area contributed by atoms with Gasteiger partial charge in [-0.05, 0) is 66.6 Å². The van der Waals surface area contributed by atoms with E-state index in [9.17, 15) is 26.6 Å². The van der Waals surface area contributed by atoms with Crippen molar-refractivity contribution in [3.05, 3.63) is 54.3 Å². The highest BCUT2D eigenvalue weighted by atomic mass is 32.2. The second kappa shape index (κ2) is 7.81. The molecule has 1 saturated carbocycles. The Kier molecular flexibility index (Phi) is 5.17. The lowest BCUT2D eigenvalue weighted by Crippen LogP contribution is -2.33. The number of rotatable bonds is 5. The Morgan fingerprint density at radius 2 is 1.94 bits per heavy atom. The molecule has 12 heteroatoms. The maximum Gasteiger partial charge on any atom is 0.573 e. The number of H-pyrrole nitrogens is 1. The van der Waals surface area contributed by atoms with E-state index in [2.05, 4.69) is 14.7 Å². The van der Waals surface area contributed by atoms with E-state index in [0.29, 0.717) is 24.2 Å². The van der Waals surface area contributed by atoms with E-state index in [1.807, 2.05) is 6.07 Å². The maximum absolute atomic E-state index is 12.8. The predicted molar refractivity (Wildman–Crippen MR) is 114 cm³/mol. The van der Waals surface area contributed by atoms with Gasteiger partial charge in [0.1, 0.15) is 17.1 Å². The third-order valence-electron chi connectivity index (χ3n) is 5.96. The van der Waals surface area contributed by atoms with E-state index >= 15 is 0 Å². The van der Waals surface area contributed by atoms with Crippen LogP contribution in [0.4, 0.5) is 13.2 Å². The molecule has 0 bridgehead atoms. The van der Waals surface area contributed by atoms with Gasteiger partial charge in [-0.2, -0.15) is 0 Å². The number of aromatic amines is 1. The van der Waals surface area contributed by atoms with E-state index in [0.717, 1.165) is 40.8 Å². The molecule has 1 aromatic carbocycles. The summed E-state index contributed by atoms with van der Waals surface area (Å²) >= 11 is 0. The fourth-order valence-corrected chi connectivity index (χ4v) is 6.13. The average molecular weight is 478 g/mol. The zero-order chi connectivity index (χ0) is 23.4. The first-order chi connectivity index (χ1) is 15.6. The zero-order valence-electron chi connectivity index (χ0n) is 17.0. The van der Waals surface area contributed by atoms with Crippen LogP contribution in [-0.4, -0.2) is 42.6 Å². The number of hydrogen-bond acceptors (Lipinski definition) is 6. The van der Waals surface area contributed by atoms with Gasteiger partial charge in [-0.15, -0.1) is 13.2 Å². The van der Waals surface area contributed by atoms with Crippen LogP contribution in [0.15, 0.2) is 53.6 Å². The zero-order valence-corrected chi connectivity index (χ0v) is 17.9. The molecule has 0 spiro atoms. The predicted octanol–water partition coefficient (Wildman–Crippen LogP) is 3.76. The summed E-state index contributed by atoms with van der Waals surface area (Å²) in [6, 6.07) is 6.10. The Hall–Kier alpha value is -2.99. The van der Waals surface area contributed by atoms with E-state index in [-0.39, 0.29) is 22.5 Å². The normalized spacial score (nSPS) is 20.6. The number of sulfone groups is 1. The molecule has 7 nitrogen and oxygen atoms in total. The Balaban J connectivity index is 1.29. The molecule has 0 unspecified atom stereocenters. The Bertz CT molecular complexity index is 1330. The summed E-state index contributed by atoms with van der Waals surface area (Å²) in [6.07, 6.45) is -0.325. The first-order valence-electron chi connectivity index (χ1n) is 10.2. The molecular weight excluding hydrogens is 460 g/mol. The molecule has 1 fully saturated rings. The number of fused-ring (bicyclic) bond motifs is 3. The Morgan fingerprint density at radius 3 is 2.64 bits per heavy atom. The number of benzene rings is 1. The molecule has 33 heavy (non-hydrogen) atoms. The minimum absolute atomic E-state index is 0.0468. The molecule has 172 valence electrons. The molecule has 3 heterocycles. The molecule has 0 radical (unpaired) electrons. The highest BCUT2D eigenvalue weighted by Gasteiger charge is 2.39.